The number of nitrogens with zero attached hydrogens (tertiary/aromatic N) is 1. The molecular weight excluding hydrogens is 339 g/mol. The molecule has 2 nitrogen and oxygen atoms in total. The molecule has 0 bridgehead atoms. The summed E-state index contributed by atoms with van der Waals surface area (Å²) in [7, 11) is 0. The molecule has 3 aromatic rings. The van der Waals surface area contributed by atoms with Crippen LogP contribution in [0.15, 0.2) is 46.9 Å². The van der Waals surface area contributed by atoms with Crippen molar-refractivity contribution < 1.29 is 4.39 Å². The van der Waals surface area contributed by atoms with E-state index in [2.05, 4.69) is 32.3 Å². The summed E-state index contributed by atoms with van der Waals surface area (Å²) in [4.78, 5) is 4.55. The number of aromatic nitrogens is 1. The number of fused-ring (bicyclic) bond motifs is 1. The second-order valence-corrected chi connectivity index (χ2v) is 6.40. The average Bonchev–Trinajstić information content (AvgIpc) is 2.85. The Hall–Kier alpha value is -1.30. The molecule has 20 heavy (non-hydrogen) atoms. The molecule has 3 rings (SSSR count). The zero-order valence-electron chi connectivity index (χ0n) is 10.6. The van der Waals surface area contributed by atoms with Crippen LogP contribution in [0.3, 0.4) is 0 Å². The fourth-order valence-corrected chi connectivity index (χ4v) is 3.14. The SMILES string of the molecule is Fc1cc(CNCc2nc3ccccc3s2)ccc1Br. The van der Waals surface area contributed by atoms with Crippen LogP contribution in [0.4, 0.5) is 4.39 Å². The molecule has 2 aromatic carbocycles. The molecule has 0 aliphatic rings. The molecule has 1 aromatic heterocycles. The van der Waals surface area contributed by atoms with Crippen LogP contribution in [0.5, 0.6) is 0 Å². The van der Waals surface area contributed by atoms with Crippen molar-refractivity contribution in [2.45, 2.75) is 13.1 Å². The smallest absolute Gasteiger partial charge is 0.137 e. The van der Waals surface area contributed by atoms with Crippen molar-refractivity contribution in [3.63, 3.8) is 0 Å². The van der Waals surface area contributed by atoms with E-state index in [-0.39, 0.29) is 5.82 Å². The minimum absolute atomic E-state index is 0.232. The van der Waals surface area contributed by atoms with Gasteiger partial charge in [0.2, 0.25) is 0 Å². The van der Waals surface area contributed by atoms with E-state index in [9.17, 15) is 4.39 Å². The topological polar surface area (TPSA) is 24.9 Å². The first-order valence-corrected chi connectivity index (χ1v) is 7.82. The summed E-state index contributed by atoms with van der Waals surface area (Å²) in [5, 5.41) is 4.34. The van der Waals surface area contributed by atoms with E-state index in [1.165, 1.54) is 10.8 Å². The van der Waals surface area contributed by atoms with Crippen LogP contribution in [0.25, 0.3) is 10.2 Å². The minimum Gasteiger partial charge on any atom is -0.306 e. The van der Waals surface area contributed by atoms with Crippen LogP contribution in [-0.4, -0.2) is 4.98 Å². The summed E-state index contributed by atoms with van der Waals surface area (Å²) < 4.78 is 15.1. The molecule has 0 aliphatic carbocycles. The van der Waals surface area contributed by atoms with Crippen molar-refractivity contribution in [2.75, 3.05) is 0 Å². The van der Waals surface area contributed by atoms with Gasteiger partial charge in [-0.2, -0.15) is 0 Å². The van der Waals surface area contributed by atoms with Crippen LogP contribution in [0.1, 0.15) is 10.6 Å². The highest BCUT2D eigenvalue weighted by molar-refractivity contribution is 9.10. The lowest BCUT2D eigenvalue weighted by atomic mass is 10.2. The molecule has 0 unspecified atom stereocenters. The molecule has 102 valence electrons. The van der Waals surface area contributed by atoms with Crippen LogP contribution in [0.2, 0.25) is 0 Å². The number of rotatable bonds is 4. The van der Waals surface area contributed by atoms with Gasteiger partial charge >= 0.3 is 0 Å². The maximum absolute atomic E-state index is 13.4. The molecule has 5 heteroatoms. The van der Waals surface area contributed by atoms with Crippen molar-refractivity contribution in [1.29, 1.82) is 0 Å². The maximum Gasteiger partial charge on any atom is 0.137 e. The average molecular weight is 351 g/mol. The maximum atomic E-state index is 13.4. The van der Waals surface area contributed by atoms with Crippen LogP contribution < -0.4 is 5.32 Å². The van der Waals surface area contributed by atoms with Crippen LogP contribution >= 0.6 is 27.3 Å². The van der Waals surface area contributed by atoms with Gasteiger partial charge in [-0.25, -0.2) is 9.37 Å². The lowest BCUT2D eigenvalue weighted by molar-refractivity contribution is 0.613. The second-order valence-electron chi connectivity index (χ2n) is 4.43. The summed E-state index contributed by atoms with van der Waals surface area (Å²) in [6, 6.07) is 13.3. The summed E-state index contributed by atoms with van der Waals surface area (Å²) in [5.74, 6) is -0.232. The molecule has 1 heterocycles. The summed E-state index contributed by atoms with van der Waals surface area (Å²) in [5.41, 5.74) is 1.95. The van der Waals surface area contributed by atoms with Gasteiger partial charge in [0, 0.05) is 13.1 Å². The van der Waals surface area contributed by atoms with Gasteiger partial charge in [0.25, 0.3) is 0 Å². The van der Waals surface area contributed by atoms with E-state index in [4.69, 9.17) is 0 Å². The highest BCUT2D eigenvalue weighted by Crippen LogP contribution is 2.21. The largest absolute Gasteiger partial charge is 0.306 e. The standard InChI is InChI=1S/C15H12BrFN2S/c16-11-6-5-10(7-12(11)17)8-18-9-15-19-13-3-1-2-4-14(13)20-15/h1-7,18H,8-9H2. The number of hydrogen-bond acceptors (Lipinski definition) is 3. The number of nitrogens with one attached hydrogen (secondary N) is 1. The molecule has 0 atom stereocenters. The van der Waals surface area contributed by atoms with Gasteiger partial charge in [-0.3, -0.25) is 0 Å². The summed E-state index contributed by atoms with van der Waals surface area (Å²) >= 11 is 4.83. The quantitative estimate of drug-likeness (QED) is 0.749. The third-order valence-corrected chi connectivity index (χ3v) is 4.61. The van der Waals surface area contributed by atoms with Crippen molar-refractivity contribution >= 4 is 37.5 Å². The van der Waals surface area contributed by atoms with Crippen LogP contribution in [0, 0.1) is 5.82 Å². The highest BCUT2D eigenvalue weighted by Gasteiger charge is 2.04. The minimum atomic E-state index is -0.232. The van der Waals surface area contributed by atoms with Gasteiger partial charge < -0.3 is 5.32 Å². The third-order valence-electron chi connectivity index (χ3n) is 2.93. The first kappa shape index (κ1) is 13.7. The van der Waals surface area contributed by atoms with E-state index >= 15 is 0 Å². The van der Waals surface area contributed by atoms with E-state index in [0.717, 1.165) is 16.1 Å². The van der Waals surface area contributed by atoms with E-state index in [1.807, 2.05) is 24.3 Å². The van der Waals surface area contributed by atoms with E-state index < -0.39 is 0 Å². The fourth-order valence-electron chi connectivity index (χ4n) is 1.96. The fraction of sp³-hybridized carbons (Fsp3) is 0.133. The Morgan fingerprint density at radius 2 is 2.00 bits per heavy atom. The first-order valence-electron chi connectivity index (χ1n) is 6.21. The monoisotopic (exact) mass is 350 g/mol. The van der Waals surface area contributed by atoms with Gasteiger partial charge in [-0.1, -0.05) is 18.2 Å². The predicted octanol–water partition coefficient (Wildman–Crippen LogP) is 4.49. The normalized spacial score (nSPS) is 11.1. The molecule has 0 saturated carbocycles. The van der Waals surface area contributed by atoms with Crippen LogP contribution in [-0.2, 0) is 13.1 Å². The lowest BCUT2D eigenvalue weighted by Crippen LogP contribution is -2.12. The first-order chi connectivity index (χ1) is 9.72. The van der Waals surface area contributed by atoms with Crippen molar-refractivity contribution in [3.05, 3.63) is 63.3 Å². The molecule has 0 fully saturated rings. The molecule has 0 spiro atoms. The predicted molar refractivity (Wildman–Crippen MR) is 84.3 cm³/mol. The second kappa shape index (κ2) is 5.99. The molecule has 0 amide bonds. The Kier molecular flexibility index (Phi) is 4.10. The Morgan fingerprint density at radius 3 is 2.80 bits per heavy atom. The number of halogens is 2. The summed E-state index contributed by atoms with van der Waals surface area (Å²) in [6.07, 6.45) is 0. The van der Waals surface area contributed by atoms with Gasteiger partial charge in [-0.05, 0) is 45.8 Å². The van der Waals surface area contributed by atoms with E-state index in [1.54, 1.807) is 17.4 Å². The molecule has 1 N–H and O–H groups in total. The zero-order chi connectivity index (χ0) is 13.9. The summed E-state index contributed by atoms with van der Waals surface area (Å²) in [6.45, 7) is 1.32. The van der Waals surface area contributed by atoms with Crippen molar-refractivity contribution in [1.82, 2.24) is 10.3 Å². The number of thiazole rings is 1. The third kappa shape index (κ3) is 3.06. The Balaban J connectivity index is 1.63. The molecule has 0 radical (unpaired) electrons. The van der Waals surface area contributed by atoms with Gasteiger partial charge in [0.05, 0.1) is 14.7 Å². The molecule has 0 saturated heterocycles. The zero-order valence-corrected chi connectivity index (χ0v) is 13.0. The Bertz CT molecular complexity index is 709. The number of para-hydroxylation sites is 1. The van der Waals surface area contributed by atoms with Gasteiger partial charge in [-0.15, -0.1) is 11.3 Å². The van der Waals surface area contributed by atoms with Crippen molar-refractivity contribution in [3.8, 4) is 0 Å². The lowest BCUT2D eigenvalue weighted by Gasteiger charge is -2.03. The number of benzene rings is 2. The van der Waals surface area contributed by atoms with Gasteiger partial charge in [0.15, 0.2) is 0 Å². The molecular formula is C15H12BrFN2S. The Morgan fingerprint density at radius 1 is 1.15 bits per heavy atom. The van der Waals surface area contributed by atoms with Crippen molar-refractivity contribution in [2.24, 2.45) is 0 Å². The highest BCUT2D eigenvalue weighted by atomic mass is 79.9. The van der Waals surface area contributed by atoms with E-state index in [0.29, 0.717) is 17.6 Å². The Labute approximate surface area is 128 Å². The van der Waals surface area contributed by atoms with Gasteiger partial charge in [0.1, 0.15) is 10.8 Å². The molecule has 0 aliphatic heterocycles. The number of hydrogen-bond donors (Lipinski definition) is 1.